The molecular formula is C17H22N2OS. The summed E-state index contributed by atoms with van der Waals surface area (Å²) < 4.78 is 1.09. The Morgan fingerprint density at radius 1 is 1.24 bits per heavy atom. The molecule has 4 heteroatoms. The number of fused-ring (bicyclic) bond motifs is 1. The molecule has 2 aromatic rings. The predicted octanol–water partition coefficient (Wildman–Crippen LogP) is 4.24. The SMILES string of the molecule is Cc1ccc2sc(C(=O)NC3CCCCCC3)c(N)c2c1. The maximum Gasteiger partial charge on any atom is 0.263 e. The third-order valence-corrected chi connectivity index (χ3v) is 5.46. The zero-order chi connectivity index (χ0) is 14.8. The molecule has 1 fully saturated rings. The summed E-state index contributed by atoms with van der Waals surface area (Å²) in [4.78, 5) is 13.2. The predicted molar refractivity (Wildman–Crippen MR) is 89.9 cm³/mol. The molecule has 0 aliphatic heterocycles. The molecule has 3 nitrogen and oxygen atoms in total. The molecule has 0 spiro atoms. The van der Waals surface area contributed by atoms with Gasteiger partial charge in [-0.15, -0.1) is 11.3 Å². The van der Waals surface area contributed by atoms with Crippen molar-refractivity contribution >= 4 is 33.0 Å². The Hall–Kier alpha value is -1.55. The van der Waals surface area contributed by atoms with Crippen LogP contribution in [0.3, 0.4) is 0 Å². The molecule has 0 atom stereocenters. The number of benzene rings is 1. The Labute approximate surface area is 129 Å². The van der Waals surface area contributed by atoms with Crippen molar-refractivity contribution in [3.63, 3.8) is 0 Å². The highest BCUT2D eigenvalue weighted by Gasteiger charge is 2.20. The molecule has 1 amide bonds. The van der Waals surface area contributed by atoms with Gasteiger partial charge in [-0.25, -0.2) is 0 Å². The number of aryl methyl sites for hydroxylation is 1. The molecule has 0 radical (unpaired) electrons. The van der Waals surface area contributed by atoms with E-state index >= 15 is 0 Å². The van der Waals surface area contributed by atoms with Gasteiger partial charge in [0.1, 0.15) is 4.88 Å². The summed E-state index contributed by atoms with van der Waals surface area (Å²) in [7, 11) is 0. The molecule has 1 aliphatic carbocycles. The minimum absolute atomic E-state index is 0.00162. The number of nitrogens with one attached hydrogen (secondary N) is 1. The summed E-state index contributed by atoms with van der Waals surface area (Å²) in [5.74, 6) is -0.00162. The molecule has 1 aliphatic rings. The van der Waals surface area contributed by atoms with E-state index in [1.807, 2.05) is 13.0 Å². The highest BCUT2D eigenvalue weighted by Crippen LogP contribution is 2.34. The Bertz CT molecular complexity index is 654. The molecule has 0 bridgehead atoms. The monoisotopic (exact) mass is 302 g/mol. The molecule has 3 rings (SSSR count). The van der Waals surface area contributed by atoms with Crippen molar-refractivity contribution in [3.05, 3.63) is 28.6 Å². The lowest BCUT2D eigenvalue weighted by Gasteiger charge is -2.15. The van der Waals surface area contributed by atoms with Crippen LogP contribution in [-0.4, -0.2) is 11.9 Å². The number of thiophene rings is 1. The minimum Gasteiger partial charge on any atom is -0.397 e. The fourth-order valence-corrected chi connectivity index (χ4v) is 4.08. The van der Waals surface area contributed by atoms with Gasteiger partial charge >= 0.3 is 0 Å². The van der Waals surface area contributed by atoms with Gasteiger partial charge in [0.15, 0.2) is 0 Å². The summed E-state index contributed by atoms with van der Waals surface area (Å²) in [6, 6.07) is 6.48. The summed E-state index contributed by atoms with van der Waals surface area (Å²) in [5.41, 5.74) is 7.99. The number of nitrogen functional groups attached to an aromatic ring is 1. The van der Waals surface area contributed by atoms with Crippen LogP contribution in [0.5, 0.6) is 0 Å². The minimum atomic E-state index is -0.00162. The van der Waals surface area contributed by atoms with Crippen molar-refractivity contribution in [2.75, 3.05) is 5.73 Å². The zero-order valence-electron chi connectivity index (χ0n) is 12.4. The van der Waals surface area contributed by atoms with E-state index in [2.05, 4.69) is 17.4 Å². The average Bonchev–Trinajstić information content (AvgIpc) is 2.65. The van der Waals surface area contributed by atoms with Crippen molar-refractivity contribution in [1.82, 2.24) is 5.32 Å². The first kappa shape index (κ1) is 14.4. The first-order valence-corrected chi connectivity index (χ1v) is 8.56. The number of hydrogen-bond acceptors (Lipinski definition) is 3. The molecular weight excluding hydrogens is 280 g/mol. The number of carbonyl (C=O) groups excluding carboxylic acids is 1. The van der Waals surface area contributed by atoms with Gasteiger partial charge in [-0.2, -0.15) is 0 Å². The number of rotatable bonds is 2. The second-order valence-electron chi connectivity index (χ2n) is 6.01. The fourth-order valence-electron chi connectivity index (χ4n) is 3.07. The van der Waals surface area contributed by atoms with Gasteiger partial charge in [0, 0.05) is 16.1 Å². The normalized spacial score (nSPS) is 16.8. The van der Waals surface area contributed by atoms with Gasteiger partial charge in [0.25, 0.3) is 5.91 Å². The number of hydrogen-bond donors (Lipinski definition) is 2. The van der Waals surface area contributed by atoms with Crippen molar-refractivity contribution in [3.8, 4) is 0 Å². The maximum atomic E-state index is 12.5. The number of anilines is 1. The van der Waals surface area contributed by atoms with Gasteiger partial charge in [-0.3, -0.25) is 4.79 Å². The first-order chi connectivity index (χ1) is 10.1. The lowest BCUT2D eigenvalue weighted by molar-refractivity contribution is 0.0938. The van der Waals surface area contributed by atoms with E-state index < -0.39 is 0 Å². The van der Waals surface area contributed by atoms with E-state index in [1.165, 1.54) is 42.6 Å². The summed E-state index contributed by atoms with van der Waals surface area (Å²) in [6.07, 6.45) is 7.19. The zero-order valence-corrected chi connectivity index (χ0v) is 13.3. The van der Waals surface area contributed by atoms with E-state index in [0.29, 0.717) is 16.6 Å². The van der Waals surface area contributed by atoms with Gasteiger partial charge in [-0.05, 0) is 31.9 Å². The lowest BCUT2D eigenvalue weighted by Crippen LogP contribution is -2.34. The van der Waals surface area contributed by atoms with Crippen LogP contribution in [0, 0.1) is 6.92 Å². The highest BCUT2D eigenvalue weighted by molar-refractivity contribution is 7.21. The van der Waals surface area contributed by atoms with Crippen LogP contribution in [0.2, 0.25) is 0 Å². The van der Waals surface area contributed by atoms with Crippen LogP contribution in [0.15, 0.2) is 18.2 Å². The Morgan fingerprint density at radius 2 is 1.95 bits per heavy atom. The third kappa shape index (κ3) is 3.05. The molecule has 21 heavy (non-hydrogen) atoms. The maximum absolute atomic E-state index is 12.5. The quantitative estimate of drug-likeness (QED) is 0.815. The van der Waals surface area contributed by atoms with Gasteiger partial charge in [0.05, 0.1) is 5.69 Å². The van der Waals surface area contributed by atoms with E-state index in [-0.39, 0.29) is 5.91 Å². The van der Waals surface area contributed by atoms with Crippen LogP contribution < -0.4 is 11.1 Å². The standard InChI is InChI=1S/C17H22N2OS/c1-11-8-9-14-13(10-11)15(18)16(21-14)17(20)19-12-6-4-2-3-5-7-12/h8-10,12H,2-7,18H2,1H3,(H,19,20). The van der Waals surface area contributed by atoms with Gasteiger partial charge in [-0.1, -0.05) is 37.3 Å². The second-order valence-corrected chi connectivity index (χ2v) is 7.06. The van der Waals surface area contributed by atoms with Crippen molar-refractivity contribution in [2.45, 2.75) is 51.5 Å². The Morgan fingerprint density at radius 3 is 2.67 bits per heavy atom. The second kappa shape index (κ2) is 6.06. The van der Waals surface area contributed by atoms with Gasteiger partial charge in [0.2, 0.25) is 0 Å². The highest BCUT2D eigenvalue weighted by atomic mass is 32.1. The first-order valence-electron chi connectivity index (χ1n) is 7.74. The third-order valence-electron chi connectivity index (χ3n) is 4.28. The van der Waals surface area contributed by atoms with Crippen LogP contribution >= 0.6 is 11.3 Å². The lowest BCUT2D eigenvalue weighted by atomic mass is 10.1. The Kier molecular flexibility index (Phi) is 4.15. The number of amides is 1. The topological polar surface area (TPSA) is 55.1 Å². The van der Waals surface area contributed by atoms with E-state index in [0.717, 1.165) is 22.9 Å². The average molecular weight is 302 g/mol. The molecule has 0 unspecified atom stereocenters. The van der Waals surface area contributed by atoms with Crippen LogP contribution in [0.4, 0.5) is 5.69 Å². The summed E-state index contributed by atoms with van der Waals surface area (Å²) in [6.45, 7) is 2.04. The number of carbonyl (C=O) groups is 1. The molecule has 1 saturated carbocycles. The molecule has 1 heterocycles. The smallest absolute Gasteiger partial charge is 0.263 e. The van der Waals surface area contributed by atoms with E-state index in [9.17, 15) is 4.79 Å². The van der Waals surface area contributed by atoms with Crippen molar-refractivity contribution in [2.24, 2.45) is 0 Å². The van der Waals surface area contributed by atoms with Gasteiger partial charge < -0.3 is 11.1 Å². The molecule has 3 N–H and O–H groups in total. The molecule has 1 aromatic carbocycles. The molecule has 1 aromatic heterocycles. The van der Waals surface area contributed by atoms with E-state index in [1.54, 1.807) is 0 Å². The van der Waals surface area contributed by atoms with Crippen LogP contribution in [0.25, 0.3) is 10.1 Å². The fraction of sp³-hybridized carbons (Fsp3) is 0.471. The molecule has 112 valence electrons. The van der Waals surface area contributed by atoms with Crippen LogP contribution in [0.1, 0.15) is 53.8 Å². The molecule has 0 saturated heterocycles. The summed E-state index contributed by atoms with van der Waals surface area (Å²) in [5, 5.41) is 4.19. The van der Waals surface area contributed by atoms with Crippen molar-refractivity contribution in [1.29, 1.82) is 0 Å². The van der Waals surface area contributed by atoms with Crippen LogP contribution in [-0.2, 0) is 0 Å². The largest absolute Gasteiger partial charge is 0.397 e. The Balaban J connectivity index is 1.82. The number of nitrogens with two attached hydrogens (primary N) is 1. The van der Waals surface area contributed by atoms with E-state index in [4.69, 9.17) is 5.73 Å². The summed E-state index contributed by atoms with van der Waals surface area (Å²) >= 11 is 1.50. The van der Waals surface area contributed by atoms with Crippen molar-refractivity contribution < 1.29 is 4.79 Å².